The lowest BCUT2D eigenvalue weighted by Crippen LogP contribution is -2.23. The maximum atomic E-state index is 11.0. The van der Waals surface area contributed by atoms with Gasteiger partial charge in [-0.3, -0.25) is 4.79 Å². The number of halogens is 1. The third-order valence-electron chi connectivity index (χ3n) is 2.68. The van der Waals surface area contributed by atoms with Crippen molar-refractivity contribution in [3.05, 3.63) is 35.7 Å². The molecule has 108 valence electrons. The van der Waals surface area contributed by atoms with Crippen LogP contribution in [0, 0.1) is 0 Å². The molecule has 1 heterocycles. The molecule has 0 radical (unpaired) electrons. The Balaban J connectivity index is 0.00000200. The third kappa shape index (κ3) is 3.79. The molecule has 7 heteroatoms. The number of nitrogens with two attached hydrogens (primary N) is 1. The summed E-state index contributed by atoms with van der Waals surface area (Å²) in [5.74, 6) is 0.739. The van der Waals surface area contributed by atoms with Crippen molar-refractivity contribution < 1.29 is 9.32 Å². The van der Waals surface area contributed by atoms with E-state index < -0.39 is 0 Å². The number of aromatic nitrogens is 2. The minimum Gasteiger partial charge on any atom is -0.345 e. The van der Waals surface area contributed by atoms with E-state index in [1.807, 2.05) is 24.3 Å². The molecule has 1 unspecified atom stereocenters. The summed E-state index contributed by atoms with van der Waals surface area (Å²) >= 11 is 0. The van der Waals surface area contributed by atoms with E-state index in [1.54, 1.807) is 6.92 Å². The quantitative estimate of drug-likeness (QED) is 0.897. The van der Waals surface area contributed by atoms with Crippen LogP contribution in [0.5, 0.6) is 0 Å². The van der Waals surface area contributed by atoms with Gasteiger partial charge in [0.1, 0.15) is 6.04 Å². The molecule has 1 atom stereocenters. The highest BCUT2D eigenvalue weighted by atomic mass is 35.5. The maximum absolute atomic E-state index is 11.0. The summed E-state index contributed by atoms with van der Waals surface area (Å²) in [4.78, 5) is 15.2. The predicted molar refractivity (Wildman–Crippen MR) is 77.1 cm³/mol. The number of benzene rings is 1. The molecule has 0 spiro atoms. The summed E-state index contributed by atoms with van der Waals surface area (Å²) in [5, 5.41) is 6.59. The lowest BCUT2D eigenvalue weighted by atomic mass is 10.1. The second-order valence-corrected chi connectivity index (χ2v) is 4.28. The molecule has 1 amide bonds. The highest BCUT2D eigenvalue weighted by Gasteiger charge is 2.15. The summed E-state index contributed by atoms with van der Waals surface area (Å²) in [5.41, 5.74) is 7.43. The molecule has 0 bridgehead atoms. The van der Waals surface area contributed by atoms with E-state index in [4.69, 9.17) is 10.3 Å². The van der Waals surface area contributed by atoms with Crippen molar-refractivity contribution in [2.24, 2.45) is 5.73 Å². The molecular formula is C13H17ClN4O2. The van der Waals surface area contributed by atoms with E-state index in [0.29, 0.717) is 18.3 Å². The summed E-state index contributed by atoms with van der Waals surface area (Å²) in [7, 11) is 0. The average Bonchev–Trinajstić information content (AvgIpc) is 2.88. The van der Waals surface area contributed by atoms with Gasteiger partial charge in [0.25, 0.3) is 0 Å². The van der Waals surface area contributed by atoms with Crippen LogP contribution in [0.4, 0.5) is 0 Å². The fourth-order valence-electron chi connectivity index (χ4n) is 1.68. The normalized spacial score (nSPS) is 11.6. The lowest BCUT2D eigenvalue weighted by molar-refractivity contribution is -0.119. The first-order chi connectivity index (χ1) is 9.10. The molecule has 0 saturated carbocycles. The third-order valence-corrected chi connectivity index (χ3v) is 2.68. The second-order valence-electron chi connectivity index (χ2n) is 4.28. The molecule has 20 heavy (non-hydrogen) atoms. The Morgan fingerprint density at radius 2 is 2.05 bits per heavy atom. The van der Waals surface area contributed by atoms with E-state index in [2.05, 4.69) is 15.5 Å². The van der Waals surface area contributed by atoms with E-state index in [-0.39, 0.29) is 24.4 Å². The first-order valence-electron chi connectivity index (χ1n) is 6.00. The number of hydrogen-bond donors (Lipinski definition) is 2. The van der Waals surface area contributed by atoms with Crippen LogP contribution in [-0.2, 0) is 11.3 Å². The first-order valence-corrected chi connectivity index (χ1v) is 6.00. The van der Waals surface area contributed by atoms with Gasteiger partial charge in [0.05, 0.1) is 0 Å². The minimum atomic E-state index is -0.304. The Morgan fingerprint density at radius 3 is 2.60 bits per heavy atom. The molecule has 0 fully saturated rings. The predicted octanol–water partition coefficient (Wildman–Crippen LogP) is 1.81. The van der Waals surface area contributed by atoms with Gasteiger partial charge in [-0.15, -0.1) is 12.4 Å². The van der Waals surface area contributed by atoms with Crippen LogP contribution < -0.4 is 11.1 Å². The van der Waals surface area contributed by atoms with Gasteiger partial charge in [0, 0.05) is 19.0 Å². The highest BCUT2D eigenvalue weighted by Crippen LogP contribution is 2.19. The monoisotopic (exact) mass is 296 g/mol. The zero-order valence-electron chi connectivity index (χ0n) is 11.3. The molecule has 1 aromatic carbocycles. The number of amides is 1. The molecule has 6 nitrogen and oxygen atoms in total. The summed E-state index contributed by atoms with van der Waals surface area (Å²) in [6.07, 6.45) is 0. The van der Waals surface area contributed by atoms with Gasteiger partial charge >= 0.3 is 0 Å². The second kappa shape index (κ2) is 7.02. The Morgan fingerprint density at radius 1 is 1.40 bits per heavy atom. The van der Waals surface area contributed by atoms with Crippen LogP contribution in [0.15, 0.2) is 28.8 Å². The van der Waals surface area contributed by atoms with Crippen LogP contribution in [0.1, 0.15) is 31.3 Å². The van der Waals surface area contributed by atoms with Crippen molar-refractivity contribution in [2.45, 2.75) is 26.4 Å². The van der Waals surface area contributed by atoms with Crippen molar-refractivity contribution in [3.8, 4) is 11.4 Å². The molecule has 2 rings (SSSR count). The van der Waals surface area contributed by atoms with Crippen LogP contribution in [0.25, 0.3) is 11.4 Å². The number of hydrogen-bond acceptors (Lipinski definition) is 5. The summed E-state index contributed by atoms with van der Waals surface area (Å²) in [6, 6.07) is 7.31. The van der Waals surface area contributed by atoms with Crippen molar-refractivity contribution in [3.63, 3.8) is 0 Å². The van der Waals surface area contributed by atoms with Gasteiger partial charge in [-0.1, -0.05) is 29.4 Å². The number of carbonyl (C=O) groups excluding carboxylic acids is 1. The molecule has 1 aromatic heterocycles. The number of rotatable bonds is 4. The topological polar surface area (TPSA) is 94.0 Å². The van der Waals surface area contributed by atoms with Gasteiger partial charge in [0.2, 0.25) is 17.6 Å². The van der Waals surface area contributed by atoms with Gasteiger partial charge < -0.3 is 15.6 Å². The number of nitrogens with zero attached hydrogens (tertiary/aromatic N) is 2. The van der Waals surface area contributed by atoms with Crippen LogP contribution >= 0.6 is 12.4 Å². The fourth-order valence-corrected chi connectivity index (χ4v) is 1.68. The zero-order chi connectivity index (χ0) is 13.8. The minimum absolute atomic E-state index is 0. The molecule has 2 aromatic rings. The maximum Gasteiger partial charge on any atom is 0.249 e. The molecule has 3 N–H and O–H groups in total. The van der Waals surface area contributed by atoms with Gasteiger partial charge in [-0.2, -0.15) is 4.98 Å². The van der Waals surface area contributed by atoms with Gasteiger partial charge in [0.15, 0.2) is 0 Å². The molecule has 0 saturated heterocycles. The lowest BCUT2D eigenvalue weighted by Gasteiger charge is -2.05. The number of carbonyl (C=O) groups is 1. The van der Waals surface area contributed by atoms with Crippen molar-refractivity contribution >= 4 is 18.3 Å². The van der Waals surface area contributed by atoms with Crippen molar-refractivity contribution in [1.82, 2.24) is 15.5 Å². The Kier molecular flexibility index (Phi) is 5.66. The standard InChI is InChI=1S/C13H16N4O2.ClH/c1-8(15-9(2)18)13-16-12(17-19-13)11-5-3-10(7-14)4-6-11;/h3-6,8H,7,14H2,1-2H3,(H,15,18);1H. The molecular weight excluding hydrogens is 280 g/mol. The smallest absolute Gasteiger partial charge is 0.249 e. The van der Waals surface area contributed by atoms with Gasteiger partial charge in [-0.05, 0) is 12.5 Å². The van der Waals surface area contributed by atoms with Crippen molar-refractivity contribution in [2.75, 3.05) is 0 Å². The fraction of sp³-hybridized carbons (Fsp3) is 0.308. The largest absolute Gasteiger partial charge is 0.345 e. The van der Waals surface area contributed by atoms with Crippen molar-refractivity contribution in [1.29, 1.82) is 0 Å². The Labute approximate surface area is 123 Å². The zero-order valence-corrected chi connectivity index (χ0v) is 12.1. The highest BCUT2D eigenvalue weighted by molar-refractivity contribution is 5.85. The Bertz CT molecular complexity index is 568. The van der Waals surface area contributed by atoms with Gasteiger partial charge in [-0.25, -0.2) is 0 Å². The van der Waals surface area contributed by atoms with E-state index in [9.17, 15) is 4.79 Å². The Hall–Kier alpha value is -1.92. The summed E-state index contributed by atoms with van der Waals surface area (Å²) < 4.78 is 5.14. The van der Waals surface area contributed by atoms with E-state index in [1.165, 1.54) is 6.92 Å². The SMILES string of the molecule is CC(=O)NC(C)c1nc(-c2ccc(CN)cc2)no1.Cl. The number of nitrogens with one attached hydrogen (secondary N) is 1. The molecule has 0 aliphatic heterocycles. The van der Waals surface area contributed by atoms with Crippen LogP contribution in [-0.4, -0.2) is 16.0 Å². The summed E-state index contributed by atoms with van der Waals surface area (Å²) in [6.45, 7) is 3.73. The van der Waals surface area contributed by atoms with Crippen LogP contribution in [0.2, 0.25) is 0 Å². The van der Waals surface area contributed by atoms with E-state index in [0.717, 1.165) is 11.1 Å². The van der Waals surface area contributed by atoms with E-state index >= 15 is 0 Å². The average molecular weight is 297 g/mol. The first kappa shape index (κ1) is 16.1. The van der Waals surface area contributed by atoms with Crippen LogP contribution in [0.3, 0.4) is 0 Å². The molecule has 0 aliphatic rings. The molecule has 0 aliphatic carbocycles.